The van der Waals surface area contributed by atoms with Crippen molar-refractivity contribution in [1.82, 2.24) is 8.87 Å². The van der Waals surface area contributed by atoms with Crippen LogP contribution in [0.15, 0.2) is 58.2 Å². The molecular weight excluding hydrogens is 422 g/mol. The van der Waals surface area contributed by atoms with Crippen LogP contribution in [0.2, 0.25) is 0 Å². The minimum Gasteiger partial charge on any atom is -0.325 e. The molecule has 158 valence electrons. The van der Waals surface area contributed by atoms with Gasteiger partial charge in [0.15, 0.2) is 0 Å². The van der Waals surface area contributed by atoms with Gasteiger partial charge < -0.3 is 5.32 Å². The summed E-state index contributed by atoms with van der Waals surface area (Å²) >= 11 is 1.10. The summed E-state index contributed by atoms with van der Waals surface area (Å²) in [6, 6.07) is 13.5. The first-order valence-corrected chi connectivity index (χ1v) is 12.1. The molecule has 4 rings (SSSR count). The minimum atomic E-state index is -3.55. The number of carbonyl (C=O) groups is 1. The number of sulfonamides is 1. The lowest BCUT2D eigenvalue weighted by molar-refractivity contribution is -0.116. The molecule has 1 aliphatic heterocycles. The largest absolute Gasteiger partial charge is 0.325 e. The molecule has 1 aromatic heterocycles. The van der Waals surface area contributed by atoms with Crippen molar-refractivity contribution in [3.63, 3.8) is 0 Å². The van der Waals surface area contributed by atoms with Crippen LogP contribution in [0.3, 0.4) is 0 Å². The summed E-state index contributed by atoms with van der Waals surface area (Å²) in [7, 11) is -3.55. The molecule has 7 nitrogen and oxygen atoms in total. The molecule has 1 unspecified atom stereocenters. The zero-order valence-corrected chi connectivity index (χ0v) is 18.2. The van der Waals surface area contributed by atoms with E-state index in [0.717, 1.165) is 40.8 Å². The number of piperidine rings is 1. The zero-order chi connectivity index (χ0) is 21.3. The first-order valence-electron chi connectivity index (χ1n) is 9.86. The highest BCUT2D eigenvalue weighted by atomic mass is 32.2. The van der Waals surface area contributed by atoms with Gasteiger partial charge in [-0.05, 0) is 56.2 Å². The van der Waals surface area contributed by atoms with Crippen LogP contribution in [-0.4, -0.2) is 35.8 Å². The summed E-state index contributed by atoms with van der Waals surface area (Å²) in [6.07, 6.45) is 2.78. The van der Waals surface area contributed by atoms with Gasteiger partial charge in [0.1, 0.15) is 6.54 Å². The van der Waals surface area contributed by atoms with Gasteiger partial charge in [0.05, 0.1) is 15.1 Å². The van der Waals surface area contributed by atoms with Crippen molar-refractivity contribution in [3.05, 3.63) is 58.2 Å². The molecule has 9 heteroatoms. The van der Waals surface area contributed by atoms with Crippen molar-refractivity contribution in [3.8, 4) is 0 Å². The van der Waals surface area contributed by atoms with Crippen LogP contribution in [0.5, 0.6) is 0 Å². The van der Waals surface area contributed by atoms with E-state index in [0.29, 0.717) is 12.2 Å². The fourth-order valence-electron chi connectivity index (χ4n) is 3.78. The highest BCUT2D eigenvalue weighted by Crippen LogP contribution is 2.26. The third kappa shape index (κ3) is 4.05. The van der Waals surface area contributed by atoms with Crippen LogP contribution < -0.4 is 10.2 Å². The summed E-state index contributed by atoms with van der Waals surface area (Å²) in [4.78, 5) is 24.7. The predicted molar refractivity (Wildman–Crippen MR) is 118 cm³/mol. The number of hydrogen-bond acceptors (Lipinski definition) is 5. The Morgan fingerprint density at radius 3 is 2.60 bits per heavy atom. The predicted octanol–water partition coefficient (Wildman–Crippen LogP) is 3.26. The smallest absolute Gasteiger partial charge is 0.308 e. The second-order valence-electron chi connectivity index (χ2n) is 7.45. The van der Waals surface area contributed by atoms with Crippen LogP contribution in [0.25, 0.3) is 10.2 Å². The van der Waals surface area contributed by atoms with Crippen LogP contribution in [0, 0.1) is 0 Å². The summed E-state index contributed by atoms with van der Waals surface area (Å²) in [6.45, 7) is 2.36. The van der Waals surface area contributed by atoms with Crippen LogP contribution >= 0.6 is 11.3 Å². The topological polar surface area (TPSA) is 88.5 Å². The fourth-order valence-corrected chi connectivity index (χ4v) is 6.37. The Bertz CT molecular complexity index is 1230. The van der Waals surface area contributed by atoms with Crippen molar-refractivity contribution in [1.29, 1.82) is 0 Å². The van der Waals surface area contributed by atoms with Gasteiger partial charge >= 0.3 is 4.87 Å². The molecule has 2 heterocycles. The molecule has 3 aromatic rings. The Balaban J connectivity index is 1.47. The van der Waals surface area contributed by atoms with Gasteiger partial charge in [-0.2, -0.15) is 4.31 Å². The number of thiazole rings is 1. The number of para-hydroxylation sites is 1. The average molecular weight is 446 g/mol. The van der Waals surface area contributed by atoms with Gasteiger partial charge in [0.25, 0.3) is 0 Å². The summed E-state index contributed by atoms with van der Waals surface area (Å²) in [5, 5.41) is 2.74. The molecule has 0 bridgehead atoms. The van der Waals surface area contributed by atoms with Gasteiger partial charge in [-0.1, -0.05) is 29.9 Å². The number of fused-ring (bicyclic) bond motifs is 1. The summed E-state index contributed by atoms with van der Waals surface area (Å²) in [5.74, 6) is -0.346. The standard InChI is InChI=1S/C21H23N3O4S2/c1-15-6-4-5-13-24(15)30(27,28)17-11-9-16(10-12-17)22-20(25)14-23-18-7-2-3-8-19(18)29-21(23)26/h2-3,7-12,15H,4-6,13-14H2,1H3,(H,22,25). The van der Waals surface area contributed by atoms with Crippen LogP contribution in [0.1, 0.15) is 26.2 Å². The van der Waals surface area contributed by atoms with E-state index >= 15 is 0 Å². The molecule has 0 spiro atoms. The van der Waals surface area contributed by atoms with Crippen molar-refractivity contribution >= 4 is 43.2 Å². The lowest BCUT2D eigenvalue weighted by Gasteiger charge is -2.32. The van der Waals surface area contributed by atoms with E-state index < -0.39 is 10.0 Å². The van der Waals surface area contributed by atoms with E-state index in [2.05, 4.69) is 5.32 Å². The third-order valence-corrected chi connectivity index (χ3v) is 8.35. The normalized spacial score (nSPS) is 17.8. The monoisotopic (exact) mass is 445 g/mol. The molecular formula is C21H23N3O4S2. The molecule has 30 heavy (non-hydrogen) atoms. The van der Waals surface area contributed by atoms with E-state index in [-0.39, 0.29) is 28.3 Å². The van der Waals surface area contributed by atoms with Crippen molar-refractivity contribution in [2.24, 2.45) is 0 Å². The molecule has 0 radical (unpaired) electrons. The van der Waals surface area contributed by atoms with E-state index in [9.17, 15) is 18.0 Å². The number of hydrogen-bond donors (Lipinski definition) is 1. The molecule has 1 atom stereocenters. The third-order valence-electron chi connectivity index (χ3n) is 5.36. The van der Waals surface area contributed by atoms with Crippen molar-refractivity contribution < 1.29 is 13.2 Å². The number of rotatable bonds is 5. The molecule has 1 aliphatic rings. The number of benzene rings is 2. The number of amides is 1. The maximum atomic E-state index is 12.9. The van der Waals surface area contributed by atoms with Crippen LogP contribution in [-0.2, 0) is 21.4 Å². The highest BCUT2D eigenvalue weighted by Gasteiger charge is 2.30. The average Bonchev–Trinajstić information content (AvgIpc) is 3.04. The Morgan fingerprint density at radius 2 is 1.87 bits per heavy atom. The first kappa shape index (κ1) is 20.8. The summed E-state index contributed by atoms with van der Waals surface area (Å²) in [5.41, 5.74) is 1.21. The lowest BCUT2D eigenvalue weighted by Crippen LogP contribution is -2.41. The molecule has 2 aromatic carbocycles. The second kappa shape index (κ2) is 8.33. The van der Waals surface area contributed by atoms with Crippen LogP contribution in [0.4, 0.5) is 5.69 Å². The van der Waals surface area contributed by atoms with Gasteiger partial charge in [0.2, 0.25) is 15.9 Å². The maximum Gasteiger partial charge on any atom is 0.308 e. The van der Waals surface area contributed by atoms with Gasteiger partial charge in [0, 0.05) is 18.3 Å². The quantitative estimate of drug-likeness (QED) is 0.653. The number of aromatic nitrogens is 1. The van der Waals surface area contributed by atoms with Gasteiger partial charge in [-0.25, -0.2) is 8.42 Å². The SMILES string of the molecule is CC1CCCCN1S(=O)(=O)c1ccc(NC(=O)Cn2c(=O)sc3ccccc32)cc1. The Hall–Kier alpha value is -2.49. The molecule has 0 saturated carbocycles. The molecule has 1 saturated heterocycles. The molecule has 1 amide bonds. The maximum absolute atomic E-state index is 12.9. The van der Waals surface area contributed by atoms with E-state index in [1.807, 2.05) is 31.2 Å². The fraction of sp³-hybridized carbons (Fsp3) is 0.333. The zero-order valence-electron chi connectivity index (χ0n) is 16.6. The Labute approximate surface area is 179 Å². The van der Waals surface area contributed by atoms with Crippen molar-refractivity contribution in [2.45, 2.75) is 43.7 Å². The Morgan fingerprint density at radius 1 is 1.13 bits per heavy atom. The number of nitrogens with one attached hydrogen (secondary N) is 1. The second-order valence-corrected chi connectivity index (χ2v) is 10.3. The highest BCUT2D eigenvalue weighted by molar-refractivity contribution is 7.89. The minimum absolute atomic E-state index is 0.0122. The number of carbonyl (C=O) groups excluding carboxylic acids is 1. The van der Waals surface area contributed by atoms with E-state index in [4.69, 9.17) is 0 Å². The summed E-state index contributed by atoms with van der Waals surface area (Å²) < 4.78 is 29.6. The van der Waals surface area contributed by atoms with Gasteiger partial charge in [-0.3, -0.25) is 14.2 Å². The molecule has 1 fully saturated rings. The number of anilines is 1. The van der Waals surface area contributed by atoms with E-state index in [1.165, 1.54) is 16.7 Å². The number of nitrogens with zero attached hydrogens (tertiary/aromatic N) is 2. The van der Waals surface area contributed by atoms with Gasteiger partial charge in [-0.15, -0.1) is 0 Å². The Kier molecular flexibility index (Phi) is 5.77. The van der Waals surface area contributed by atoms with E-state index in [1.54, 1.807) is 16.4 Å². The first-order chi connectivity index (χ1) is 14.4. The molecule has 0 aliphatic carbocycles. The molecule has 1 N–H and O–H groups in total. The lowest BCUT2D eigenvalue weighted by atomic mass is 10.1. The van der Waals surface area contributed by atoms with Crippen molar-refractivity contribution in [2.75, 3.05) is 11.9 Å².